The highest BCUT2D eigenvalue weighted by atomic mass is 35.5. The predicted octanol–water partition coefficient (Wildman–Crippen LogP) is 2.49. The molecule has 16 heavy (non-hydrogen) atoms. The first-order valence-electron chi connectivity index (χ1n) is 5.13. The molecule has 6 heteroatoms. The highest BCUT2D eigenvalue weighted by Crippen LogP contribution is 2.27. The minimum absolute atomic E-state index is 0.00504. The molecule has 1 aliphatic heterocycles. The number of anilines is 1. The van der Waals surface area contributed by atoms with Crippen LogP contribution in [0.25, 0.3) is 0 Å². The molecular formula is C10H12ClN3O2. The molecule has 0 aromatic carbocycles. The molecule has 1 aromatic rings. The summed E-state index contributed by atoms with van der Waals surface area (Å²) in [6, 6.07) is 2.74. The fraction of sp³-hybridized carbons (Fsp3) is 0.500. The third-order valence-corrected chi connectivity index (χ3v) is 2.92. The van der Waals surface area contributed by atoms with Crippen LogP contribution < -0.4 is 4.90 Å². The number of halogens is 1. The van der Waals surface area contributed by atoms with Crippen molar-refractivity contribution in [2.45, 2.75) is 13.3 Å². The summed E-state index contributed by atoms with van der Waals surface area (Å²) in [7, 11) is 0. The molecule has 2 heterocycles. The molecule has 1 aliphatic rings. The summed E-state index contributed by atoms with van der Waals surface area (Å²) < 4.78 is 0. The topological polar surface area (TPSA) is 59.3 Å². The Balaban J connectivity index is 2.30. The van der Waals surface area contributed by atoms with Gasteiger partial charge in [0, 0.05) is 13.1 Å². The van der Waals surface area contributed by atoms with Gasteiger partial charge in [-0.15, -0.1) is 0 Å². The van der Waals surface area contributed by atoms with Crippen molar-refractivity contribution < 1.29 is 4.92 Å². The number of nitrogens with zero attached hydrogens (tertiary/aromatic N) is 3. The number of nitro groups is 1. The van der Waals surface area contributed by atoms with Crippen molar-refractivity contribution in [3.05, 3.63) is 27.4 Å². The minimum Gasteiger partial charge on any atom is -0.356 e. The molecule has 0 saturated carbocycles. The highest BCUT2D eigenvalue weighted by Gasteiger charge is 2.22. The molecule has 0 N–H and O–H groups in total. The molecule has 1 fully saturated rings. The van der Waals surface area contributed by atoms with Crippen LogP contribution in [0.5, 0.6) is 0 Å². The molecule has 0 radical (unpaired) electrons. The third-order valence-electron chi connectivity index (χ3n) is 2.72. The summed E-state index contributed by atoms with van der Waals surface area (Å²) in [6.45, 7) is 3.91. The van der Waals surface area contributed by atoms with Gasteiger partial charge in [-0.05, 0) is 12.3 Å². The van der Waals surface area contributed by atoms with E-state index in [9.17, 15) is 10.1 Å². The molecule has 2 rings (SSSR count). The maximum absolute atomic E-state index is 10.7. The van der Waals surface area contributed by atoms with E-state index in [0.29, 0.717) is 11.7 Å². The number of aromatic nitrogens is 1. The standard InChI is InChI=1S/C10H12ClN3O2/c1-7-2-3-13(6-7)10-5-8(14(15)16)4-9(11)12-10/h4-5,7H,2-3,6H2,1H3. The average molecular weight is 242 g/mol. The van der Waals surface area contributed by atoms with E-state index in [0.717, 1.165) is 19.5 Å². The summed E-state index contributed by atoms with van der Waals surface area (Å²) in [5.41, 5.74) is -0.00504. The molecule has 0 bridgehead atoms. The number of hydrogen-bond donors (Lipinski definition) is 0. The summed E-state index contributed by atoms with van der Waals surface area (Å²) in [5, 5.41) is 10.9. The summed E-state index contributed by atoms with van der Waals surface area (Å²) >= 11 is 5.77. The predicted molar refractivity (Wildman–Crippen MR) is 61.9 cm³/mol. The van der Waals surface area contributed by atoms with Crippen molar-refractivity contribution in [3.63, 3.8) is 0 Å². The summed E-state index contributed by atoms with van der Waals surface area (Å²) in [6.07, 6.45) is 1.09. The first-order chi connectivity index (χ1) is 7.56. The van der Waals surface area contributed by atoms with E-state index < -0.39 is 4.92 Å². The quantitative estimate of drug-likeness (QED) is 0.453. The molecule has 5 nitrogen and oxygen atoms in total. The van der Waals surface area contributed by atoms with Gasteiger partial charge in [0.15, 0.2) is 0 Å². The molecule has 0 spiro atoms. The maximum Gasteiger partial charge on any atom is 0.276 e. The average Bonchev–Trinajstić information content (AvgIpc) is 2.64. The van der Waals surface area contributed by atoms with Crippen molar-refractivity contribution in [2.24, 2.45) is 5.92 Å². The first kappa shape index (κ1) is 11.1. The number of rotatable bonds is 2. The SMILES string of the molecule is CC1CCN(c2cc([N+](=O)[O-])cc(Cl)n2)C1. The molecule has 0 aliphatic carbocycles. The molecule has 1 atom stereocenters. The molecule has 0 amide bonds. The number of pyridine rings is 1. The van der Waals surface area contributed by atoms with Crippen LogP contribution in [0.4, 0.5) is 11.5 Å². The van der Waals surface area contributed by atoms with Crippen LogP contribution >= 0.6 is 11.6 Å². The van der Waals surface area contributed by atoms with Crippen LogP contribution in [0, 0.1) is 16.0 Å². The first-order valence-corrected chi connectivity index (χ1v) is 5.51. The lowest BCUT2D eigenvalue weighted by molar-refractivity contribution is -0.384. The Labute approximate surface area is 98.2 Å². The monoisotopic (exact) mass is 241 g/mol. The molecule has 1 unspecified atom stereocenters. The third kappa shape index (κ3) is 2.24. The Morgan fingerprint density at radius 1 is 1.62 bits per heavy atom. The largest absolute Gasteiger partial charge is 0.356 e. The van der Waals surface area contributed by atoms with Gasteiger partial charge in [0.2, 0.25) is 0 Å². The molecule has 86 valence electrons. The van der Waals surface area contributed by atoms with Gasteiger partial charge in [-0.25, -0.2) is 4.98 Å². The molecule has 1 saturated heterocycles. The van der Waals surface area contributed by atoms with Gasteiger partial charge in [0.1, 0.15) is 11.0 Å². The Morgan fingerprint density at radius 2 is 2.38 bits per heavy atom. The Kier molecular flexibility index (Phi) is 2.96. The van der Waals surface area contributed by atoms with Crippen LogP contribution in [0.2, 0.25) is 5.15 Å². The Bertz CT molecular complexity index is 425. The van der Waals surface area contributed by atoms with Gasteiger partial charge >= 0.3 is 0 Å². The zero-order valence-electron chi connectivity index (χ0n) is 8.89. The highest BCUT2D eigenvalue weighted by molar-refractivity contribution is 6.29. The van der Waals surface area contributed by atoms with Gasteiger partial charge in [-0.1, -0.05) is 18.5 Å². The van der Waals surface area contributed by atoms with Gasteiger partial charge in [0.25, 0.3) is 5.69 Å². The van der Waals surface area contributed by atoms with Crippen LogP contribution in [0.15, 0.2) is 12.1 Å². The van der Waals surface area contributed by atoms with E-state index in [-0.39, 0.29) is 10.8 Å². The van der Waals surface area contributed by atoms with Crippen molar-refractivity contribution in [1.82, 2.24) is 4.98 Å². The van der Waals surface area contributed by atoms with E-state index in [4.69, 9.17) is 11.6 Å². The fourth-order valence-electron chi connectivity index (χ4n) is 1.88. The van der Waals surface area contributed by atoms with Gasteiger partial charge in [-0.3, -0.25) is 10.1 Å². The zero-order chi connectivity index (χ0) is 11.7. The van der Waals surface area contributed by atoms with Crippen LogP contribution in [-0.4, -0.2) is 23.0 Å². The van der Waals surface area contributed by atoms with Crippen LogP contribution in [-0.2, 0) is 0 Å². The van der Waals surface area contributed by atoms with E-state index >= 15 is 0 Å². The van der Waals surface area contributed by atoms with E-state index in [1.54, 1.807) is 0 Å². The second-order valence-corrected chi connectivity index (χ2v) is 4.49. The lowest BCUT2D eigenvalue weighted by Gasteiger charge is -2.16. The zero-order valence-corrected chi connectivity index (χ0v) is 9.65. The maximum atomic E-state index is 10.7. The summed E-state index contributed by atoms with van der Waals surface area (Å²) in [4.78, 5) is 16.4. The Morgan fingerprint density at radius 3 is 2.94 bits per heavy atom. The normalized spacial score (nSPS) is 20.1. The Hall–Kier alpha value is -1.36. The van der Waals surface area contributed by atoms with Crippen LogP contribution in [0.3, 0.4) is 0 Å². The lowest BCUT2D eigenvalue weighted by atomic mass is 10.2. The minimum atomic E-state index is -0.448. The van der Waals surface area contributed by atoms with Crippen molar-refractivity contribution in [2.75, 3.05) is 18.0 Å². The van der Waals surface area contributed by atoms with Crippen molar-refractivity contribution in [1.29, 1.82) is 0 Å². The second kappa shape index (κ2) is 4.25. The molecular weight excluding hydrogens is 230 g/mol. The summed E-state index contributed by atoms with van der Waals surface area (Å²) in [5.74, 6) is 1.20. The lowest BCUT2D eigenvalue weighted by Crippen LogP contribution is -2.20. The van der Waals surface area contributed by atoms with Crippen molar-refractivity contribution >= 4 is 23.1 Å². The van der Waals surface area contributed by atoms with E-state index in [1.807, 2.05) is 4.90 Å². The fourth-order valence-corrected chi connectivity index (χ4v) is 2.08. The van der Waals surface area contributed by atoms with E-state index in [2.05, 4.69) is 11.9 Å². The van der Waals surface area contributed by atoms with E-state index in [1.165, 1.54) is 12.1 Å². The van der Waals surface area contributed by atoms with Gasteiger partial charge < -0.3 is 4.90 Å². The van der Waals surface area contributed by atoms with Crippen LogP contribution in [0.1, 0.15) is 13.3 Å². The molecule has 1 aromatic heterocycles. The second-order valence-electron chi connectivity index (χ2n) is 4.10. The van der Waals surface area contributed by atoms with Gasteiger partial charge in [-0.2, -0.15) is 0 Å². The van der Waals surface area contributed by atoms with Gasteiger partial charge in [0.05, 0.1) is 17.1 Å². The number of hydrogen-bond acceptors (Lipinski definition) is 4. The van der Waals surface area contributed by atoms with Crippen molar-refractivity contribution in [3.8, 4) is 0 Å². The smallest absolute Gasteiger partial charge is 0.276 e.